The molecule has 0 saturated carbocycles. The van der Waals surface area contributed by atoms with Crippen LogP contribution >= 0.6 is 0 Å². The highest BCUT2D eigenvalue weighted by Gasteiger charge is 2.14. The molecule has 1 atom stereocenters. The highest BCUT2D eigenvalue weighted by molar-refractivity contribution is 6.05. The first-order chi connectivity index (χ1) is 12.1. The van der Waals surface area contributed by atoms with Crippen LogP contribution < -0.4 is 16.0 Å². The summed E-state index contributed by atoms with van der Waals surface area (Å²) in [6.45, 7) is 1.90. The van der Waals surface area contributed by atoms with Crippen LogP contribution in [0.25, 0.3) is 10.9 Å². The van der Waals surface area contributed by atoms with Gasteiger partial charge in [-0.15, -0.1) is 0 Å². The van der Waals surface area contributed by atoms with Gasteiger partial charge >= 0.3 is 6.03 Å². The normalized spacial score (nSPS) is 11.8. The van der Waals surface area contributed by atoms with E-state index < -0.39 is 0 Å². The van der Waals surface area contributed by atoms with E-state index in [4.69, 9.17) is 0 Å². The summed E-state index contributed by atoms with van der Waals surface area (Å²) >= 11 is 0. The van der Waals surface area contributed by atoms with Crippen LogP contribution in [-0.2, 0) is 0 Å². The minimum atomic E-state index is -0.366. The van der Waals surface area contributed by atoms with Gasteiger partial charge in [0.1, 0.15) is 5.82 Å². The minimum absolute atomic E-state index is 0.142. The van der Waals surface area contributed by atoms with E-state index in [0.717, 1.165) is 5.56 Å². The smallest absolute Gasteiger partial charge is 0.320 e. The zero-order valence-electron chi connectivity index (χ0n) is 13.8. The molecule has 3 aromatic rings. The Bertz CT molecular complexity index is 906. The number of fused-ring (bicyclic) bond motifs is 1. The number of aromatic nitrogens is 3. The van der Waals surface area contributed by atoms with Crippen LogP contribution in [0.4, 0.5) is 10.6 Å². The third-order valence-corrected chi connectivity index (χ3v) is 3.78. The van der Waals surface area contributed by atoms with Crippen molar-refractivity contribution in [2.45, 2.75) is 13.0 Å². The fraction of sp³-hybridized carbons (Fsp3) is 0.176. The lowest BCUT2D eigenvalue weighted by atomic mass is 10.1. The Morgan fingerprint density at radius 1 is 1.20 bits per heavy atom. The van der Waals surface area contributed by atoms with E-state index in [1.165, 1.54) is 13.2 Å². The summed E-state index contributed by atoms with van der Waals surface area (Å²) in [6, 6.07) is 10.8. The Hall–Kier alpha value is -3.42. The van der Waals surface area contributed by atoms with Crippen molar-refractivity contribution in [1.82, 2.24) is 25.8 Å². The van der Waals surface area contributed by atoms with Gasteiger partial charge in [0.2, 0.25) is 0 Å². The van der Waals surface area contributed by atoms with Crippen LogP contribution in [0.2, 0.25) is 0 Å². The predicted octanol–water partition coefficient (Wildman–Crippen LogP) is 2.20. The van der Waals surface area contributed by atoms with E-state index in [9.17, 15) is 9.59 Å². The first kappa shape index (κ1) is 16.4. The van der Waals surface area contributed by atoms with Crippen molar-refractivity contribution in [3.63, 3.8) is 0 Å². The molecule has 8 nitrogen and oxygen atoms in total. The summed E-state index contributed by atoms with van der Waals surface area (Å²) in [6.07, 6.45) is 1.50. The van der Waals surface area contributed by atoms with Gasteiger partial charge in [-0.3, -0.25) is 15.2 Å². The first-order valence-corrected chi connectivity index (χ1v) is 7.77. The number of H-pyrrole nitrogens is 1. The van der Waals surface area contributed by atoms with Crippen LogP contribution in [0.1, 0.15) is 29.0 Å². The Morgan fingerprint density at radius 3 is 2.68 bits per heavy atom. The summed E-state index contributed by atoms with van der Waals surface area (Å²) in [7, 11) is 1.53. The third-order valence-electron chi connectivity index (χ3n) is 3.78. The molecule has 3 rings (SSSR count). The molecular weight excluding hydrogens is 320 g/mol. The van der Waals surface area contributed by atoms with E-state index in [1.54, 1.807) is 6.07 Å². The van der Waals surface area contributed by atoms with Crippen LogP contribution in [0, 0.1) is 0 Å². The largest absolute Gasteiger partial charge is 0.354 e. The number of hydrogen-bond donors (Lipinski definition) is 4. The highest BCUT2D eigenvalue weighted by atomic mass is 16.2. The molecule has 128 valence electrons. The number of nitrogens with one attached hydrogen (secondary N) is 4. The van der Waals surface area contributed by atoms with E-state index in [1.807, 2.05) is 37.3 Å². The van der Waals surface area contributed by atoms with Crippen LogP contribution in [0.5, 0.6) is 0 Å². The number of anilines is 1. The Balaban J connectivity index is 1.70. The standard InChI is InChI=1S/C17H18N6O2/c1-10(11-6-4-3-5-7-11)20-17(25)21-14-8-13-12(9-19-14)15(23-22-13)16(24)18-2/h3-10H,1-2H3,(H,18,24)(H,22,23)(H2,19,20,21,25). The molecule has 8 heteroatoms. The maximum Gasteiger partial charge on any atom is 0.320 e. The van der Waals surface area contributed by atoms with Gasteiger partial charge in [0.15, 0.2) is 5.69 Å². The molecule has 25 heavy (non-hydrogen) atoms. The molecule has 4 N–H and O–H groups in total. The zero-order valence-corrected chi connectivity index (χ0v) is 13.8. The lowest BCUT2D eigenvalue weighted by Gasteiger charge is -2.14. The molecule has 1 unspecified atom stereocenters. The minimum Gasteiger partial charge on any atom is -0.354 e. The maximum absolute atomic E-state index is 12.1. The molecule has 0 bridgehead atoms. The average Bonchev–Trinajstić information content (AvgIpc) is 3.04. The van der Waals surface area contributed by atoms with Crippen molar-refractivity contribution in [3.8, 4) is 0 Å². The van der Waals surface area contributed by atoms with E-state index in [2.05, 4.69) is 31.1 Å². The number of benzene rings is 1. The van der Waals surface area contributed by atoms with Crippen LogP contribution in [0.15, 0.2) is 42.6 Å². The lowest BCUT2D eigenvalue weighted by Crippen LogP contribution is -2.31. The number of urea groups is 1. The average molecular weight is 338 g/mol. The third kappa shape index (κ3) is 3.57. The number of carbonyl (C=O) groups is 2. The summed E-state index contributed by atoms with van der Waals surface area (Å²) in [5, 5.41) is 15.4. The van der Waals surface area contributed by atoms with E-state index in [-0.39, 0.29) is 23.7 Å². The molecule has 0 aliphatic rings. The molecule has 1 aromatic carbocycles. The fourth-order valence-corrected chi connectivity index (χ4v) is 2.45. The van der Waals surface area contributed by atoms with Crippen molar-refractivity contribution in [3.05, 3.63) is 53.9 Å². The number of carbonyl (C=O) groups excluding carboxylic acids is 2. The highest BCUT2D eigenvalue weighted by Crippen LogP contribution is 2.18. The molecule has 2 aromatic heterocycles. The molecule has 2 heterocycles. The number of aromatic amines is 1. The van der Waals surface area contributed by atoms with Gasteiger partial charge in [0, 0.05) is 19.3 Å². The number of hydrogen-bond acceptors (Lipinski definition) is 4. The van der Waals surface area contributed by atoms with Gasteiger partial charge in [0.25, 0.3) is 5.91 Å². The van der Waals surface area contributed by atoms with Crippen LogP contribution in [0.3, 0.4) is 0 Å². The topological polar surface area (TPSA) is 112 Å². The maximum atomic E-state index is 12.1. The monoisotopic (exact) mass is 338 g/mol. The number of amides is 3. The molecule has 0 fully saturated rings. The summed E-state index contributed by atoms with van der Waals surface area (Å²) in [5.74, 6) is 0.0561. The van der Waals surface area contributed by atoms with Gasteiger partial charge in [-0.1, -0.05) is 30.3 Å². The molecule has 0 aliphatic heterocycles. The number of nitrogens with zero attached hydrogens (tertiary/aromatic N) is 2. The first-order valence-electron chi connectivity index (χ1n) is 7.77. The van der Waals surface area contributed by atoms with Gasteiger partial charge in [-0.2, -0.15) is 5.10 Å². The summed E-state index contributed by atoms with van der Waals surface area (Å²) in [5.41, 5.74) is 1.88. The molecule has 0 aliphatic carbocycles. The second kappa shape index (κ2) is 7.00. The Labute approximate surface area is 144 Å². The Kier molecular flexibility index (Phi) is 4.60. The van der Waals surface area contributed by atoms with Gasteiger partial charge in [0.05, 0.1) is 16.9 Å². The van der Waals surface area contributed by atoms with Gasteiger partial charge in [-0.05, 0) is 12.5 Å². The van der Waals surface area contributed by atoms with Gasteiger partial charge < -0.3 is 10.6 Å². The molecule has 0 radical (unpaired) electrons. The van der Waals surface area contributed by atoms with Crippen molar-refractivity contribution >= 4 is 28.7 Å². The molecule has 0 spiro atoms. The number of pyridine rings is 1. The number of rotatable bonds is 4. The second-order valence-electron chi connectivity index (χ2n) is 5.50. The molecule has 0 saturated heterocycles. The van der Waals surface area contributed by atoms with Crippen molar-refractivity contribution in [2.24, 2.45) is 0 Å². The van der Waals surface area contributed by atoms with Crippen LogP contribution in [-0.4, -0.2) is 34.2 Å². The predicted molar refractivity (Wildman–Crippen MR) is 94.3 cm³/mol. The summed E-state index contributed by atoms with van der Waals surface area (Å²) < 4.78 is 0. The van der Waals surface area contributed by atoms with Crippen molar-refractivity contribution in [1.29, 1.82) is 0 Å². The van der Waals surface area contributed by atoms with Crippen molar-refractivity contribution < 1.29 is 9.59 Å². The lowest BCUT2D eigenvalue weighted by molar-refractivity contribution is 0.0959. The van der Waals surface area contributed by atoms with Gasteiger partial charge in [-0.25, -0.2) is 9.78 Å². The Morgan fingerprint density at radius 2 is 1.96 bits per heavy atom. The summed E-state index contributed by atoms with van der Waals surface area (Å²) in [4.78, 5) is 28.0. The molecular formula is C17H18N6O2. The second-order valence-corrected chi connectivity index (χ2v) is 5.50. The zero-order chi connectivity index (χ0) is 17.8. The molecule has 3 amide bonds. The van der Waals surface area contributed by atoms with E-state index in [0.29, 0.717) is 16.7 Å². The SMILES string of the molecule is CNC(=O)c1n[nH]c2cc(NC(=O)NC(C)c3ccccc3)ncc12. The van der Waals surface area contributed by atoms with E-state index >= 15 is 0 Å². The fourth-order valence-electron chi connectivity index (χ4n) is 2.45. The quantitative estimate of drug-likeness (QED) is 0.584. The van der Waals surface area contributed by atoms with Crippen molar-refractivity contribution in [2.75, 3.05) is 12.4 Å².